The van der Waals surface area contributed by atoms with Crippen LogP contribution in [0.2, 0.25) is 0 Å². The molecule has 1 aliphatic heterocycles. The van der Waals surface area contributed by atoms with Gasteiger partial charge in [-0.1, -0.05) is 15.9 Å². The Morgan fingerprint density at radius 2 is 2.37 bits per heavy atom. The number of benzene rings is 1. The van der Waals surface area contributed by atoms with Gasteiger partial charge in [-0.2, -0.15) is 0 Å². The summed E-state index contributed by atoms with van der Waals surface area (Å²) in [5, 5.41) is 2.67. The van der Waals surface area contributed by atoms with Crippen molar-refractivity contribution in [3.63, 3.8) is 0 Å². The molecule has 1 aromatic heterocycles. The molecule has 2 heterocycles. The number of nitrogens with one attached hydrogen (secondary N) is 1. The van der Waals surface area contributed by atoms with E-state index in [-0.39, 0.29) is 17.3 Å². The number of carbonyl (C=O) groups is 1. The van der Waals surface area contributed by atoms with Crippen LogP contribution in [0.3, 0.4) is 0 Å². The van der Waals surface area contributed by atoms with Crippen molar-refractivity contribution in [3.05, 3.63) is 28.5 Å². The van der Waals surface area contributed by atoms with Crippen molar-refractivity contribution in [1.82, 2.24) is 14.9 Å². The van der Waals surface area contributed by atoms with Crippen molar-refractivity contribution in [2.24, 2.45) is 0 Å². The van der Waals surface area contributed by atoms with Crippen molar-refractivity contribution < 1.29 is 4.79 Å². The Kier molecular flexibility index (Phi) is 3.27. The molecule has 0 bridgehead atoms. The molecule has 0 saturated carbocycles. The third kappa shape index (κ3) is 2.25. The highest BCUT2D eigenvalue weighted by atomic mass is 79.9. The number of amides is 1. The predicted octanol–water partition coefficient (Wildman–Crippen LogP) is 3.16. The molecule has 2 aromatic rings. The van der Waals surface area contributed by atoms with Gasteiger partial charge in [0.25, 0.3) is 0 Å². The van der Waals surface area contributed by atoms with Crippen LogP contribution in [0.4, 0.5) is 0 Å². The molecule has 100 valence electrons. The molecule has 3 rings (SSSR count). The van der Waals surface area contributed by atoms with Crippen LogP contribution in [-0.2, 0) is 4.79 Å². The van der Waals surface area contributed by atoms with Crippen molar-refractivity contribution in [2.45, 2.75) is 24.8 Å². The average molecular weight is 343 g/mol. The number of rotatable bonds is 2. The number of hydrogen-bond acceptors (Lipinski definition) is 2. The second-order valence-electron chi connectivity index (χ2n) is 4.75. The minimum Gasteiger partial charge on any atom is -0.354 e. The van der Waals surface area contributed by atoms with E-state index in [0.29, 0.717) is 13.0 Å². The van der Waals surface area contributed by atoms with Gasteiger partial charge in [0.2, 0.25) is 5.91 Å². The molecule has 2 atom stereocenters. The fourth-order valence-corrected chi connectivity index (χ4v) is 3.02. The molecule has 1 N–H and O–H groups in total. The Balaban J connectivity index is 2.21. The number of fused-ring (bicyclic) bond motifs is 1. The normalized spacial score (nSPS) is 20.8. The highest BCUT2D eigenvalue weighted by molar-refractivity contribution is 9.10. The van der Waals surface area contributed by atoms with E-state index in [1.54, 1.807) is 0 Å². The monoisotopic (exact) mass is 341 g/mol. The summed E-state index contributed by atoms with van der Waals surface area (Å²) in [4.78, 5) is 16.0. The molecular formula is C13H13BrClN3O. The van der Waals surface area contributed by atoms with E-state index in [1.165, 1.54) is 0 Å². The van der Waals surface area contributed by atoms with E-state index in [2.05, 4.69) is 30.8 Å². The van der Waals surface area contributed by atoms with Crippen LogP contribution in [0, 0.1) is 0 Å². The van der Waals surface area contributed by atoms with E-state index in [4.69, 9.17) is 11.6 Å². The van der Waals surface area contributed by atoms with Gasteiger partial charge in [0.15, 0.2) is 0 Å². The van der Waals surface area contributed by atoms with Gasteiger partial charge in [-0.05, 0) is 25.1 Å². The summed E-state index contributed by atoms with van der Waals surface area (Å²) in [7, 11) is 0. The molecular weight excluding hydrogens is 330 g/mol. The summed E-state index contributed by atoms with van der Waals surface area (Å²) in [5.41, 5.74) is 1.92. The first kappa shape index (κ1) is 12.9. The number of aromatic nitrogens is 2. The SMILES string of the molecule is CC(Cl)c1nc2ccc(Br)cc2n1C1CNC(=O)C1. The molecule has 1 saturated heterocycles. The molecule has 6 heteroatoms. The van der Waals surface area contributed by atoms with E-state index in [0.717, 1.165) is 21.3 Å². The van der Waals surface area contributed by atoms with E-state index in [9.17, 15) is 4.79 Å². The Hall–Kier alpha value is -1.07. The topological polar surface area (TPSA) is 46.9 Å². The molecule has 2 unspecified atom stereocenters. The Bertz CT molecular complexity index is 653. The second kappa shape index (κ2) is 4.80. The Morgan fingerprint density at radius 1 is 1.58 bits per heavy atom. The summed E-state index contributed by atoms with van der Waals surface area (Å²) in [6, 6.07) is 6.03. The minimum atomic E-state index is -0.193. The first-order chi connectivity index (χ1) is 9.06. The van der Waals surface area contributed by atoms with Gasteiger partial charge in [0.05, 0.1) is 22.5 Å². The molecule has 0 aliphatic carbocycles. The Morgan fingerprint density at radius 3 is 3.00 bits per heavy atom. The van der Waals surface area contributed by atoms with Crippen molar-refractivity contribution in [3.8, 4) is 0 Å². The highest BCUT2D eigenvalue weighted by Crippen LogP contribution is 2.31. The second-order valence-corrected chi connectivity index (χ2v) is 6.32. The fraction of sp³-hybridized carbons (Fsp3) is 0.385. The maximum atomic E-state index is 11.4. The van der Waals surface area contributed by atoms with Crippen LogP contribution in [0.25, 0.3) is 11.0 Å². The lowest BCUT2D eigenvalue weighted by Gasteiger charge is -2.16. The predicted molar refractivity (Wildman–Crippen MR) is 78.4 cm³/mol. The maximum Gasteiger partial charge on any atom is 0.222 e. The van der Waals surface area contributed by atoms with Crippen molar-refractivity contribution in [1.29, 1.82) is 0 Å². The molecule has 0 spiro atoms. The number of halogens is 2. The van der Waals surface area contributed by atoms with Gasteiger partial charge in [-0.3, -0.25) is 4.79 Å². The number of nitrogens with zero attached hydrogens (tertiary/aromatic N) is 2. The zero-order chi connectivity index (χ0) is 13.6. The summed E-state index contributed by atoms with van der Waals surface area (Å²) >= 11 is 9.71. The van der Waals surface area contributed by atoms with Crippen molar-refractivity contribution in [2.75, 3.05) is 6.54 Å². The van der Waals surface area contributed by atoms with Gasteiger partial charge in [0, 0.05) is 17.4 Å². The quantitative estimate of drug-likeness (QED) is 0.852. The fourth-order valence-electron chi connectivity index (χ4n) is 2.52. The molecule has 1 aromatic carbocycles. The lowest BCUT2D eigenvalue weighted by Crippen LogP contribution is -2.17. The average Bonchev–Trinajstić information content (AvgIpc) is 2.92. The Labute approximate surface area is 124 Å². The summed E-state index contributed by atoms with van der Waals surface area (Å²) in [5.74, 6) is 0.895. The maximum absolute atomic E-state index is 11.4. The zero-order valence-electron chi connectivity index (χ0n) is 10.4. The van der Waals surface area contributed by atoms with Gasteiger partial charge in [-0.15, -0.1) is 11.6 Å². The highest BCUT2D eigenvalue weighted by Gasteiger charge is 2.28. The molecule has 0 radical (unpaired) electrons. The van der Waals surface area contributed by atoms with Gasteiger partial charge in [-0.25, -0.2) is 4.98 Å². The number of alkyl halides is 1. The minimum absolute atomic E-state index is 0.0787. The third-order valence-corrected chi connectivity index (χ3v) is 4.04. The third-order valence-electron chi connectivity index (χ3n) is 3.36. The summed E-state index contributed by atoms with van der Waals surface area (Å²) < 4.78 is 3.09. The van der Waals surface area contributed by atoms with E-state index < -0.39 is 0 Å². The standard InChI is InChI=1S/C13H13BrClN3O/c1-7(15)13-17-10-3-2-8(14)4-11(10)18(13)9-5-12(19)16-6-9/h2-4,7,9H,5-6H2,1H3,(H,16,19). The van der Waals surface area contributed by atoms with Gasteiger partial charge >= 0.3 is 0 Å². The number of hydrogen-bond donors (Lipinski definition) is 1. The van der Waals surface area contributed by atoms with Crippen LogP contribution in [-0.4, -0.2) is 22.0 Å². The van der Waals surface area contributed by atoms with Gasteiger partial charge in [0.1, 0.15) is 5.82 Å². The van der Waals surface area contributed by atoms with Crippen LogP contribution >= 0.6 is 27.5 Å². The molecule has 1 aliphatic rings. The van der Waals surface area contributed by atoms with Crippen molar-refractivity contribution >= 4 is 44.5 Å². The molecule has 19 heavy (non-hydrogen) atoms. The summed E-state index contributed by atoms with van der Waals surface area (Å²) in [6.45, 7) is 2.53. The molecule has 4 nitrogen and oxygen atoms in total. The largest absolute Gasteiger partial charge is 0.354 e. The van der Waals surface area contributed by atoms with E-state index in [1.807, 2.05) is 25.1 Å². The number of imidazole rings is 1. The molecule has 1 amide bonds. The first-order valence-electron chi connectivity index (χ1n) is 6.14. The van der Waals surface area contributed by atoms with Gasteiger partial charge < -0.3 is 9.88 Å². The summed E-state index contributed by atoms with van der Waals surface area (Å²) in [6.07, 6.45) is 0.481. The smallest absolute Gasteiger partial charge is 0.222 e. The zero-order valence-corrected chi connectivity index (χ0v) is 12.7. The van der Waals surface area contributed by atoms with Crippen LogP contribution < -0.4 is 5.32 Å². The lowest BCUT2D eigenvalue weighted by atomic mass is 10.2. The van der Waals surface area contributed by atoms with E-state index >= 15 is 0 Å². The van der Waals surface area contributed by atoms with Crippen LogP contribution in [0.15, 0.2) is 22.7 Å². The van der Waals surface area contributed by atoms with Crippen LogP contribution in [0.1, 0.15) is 30.6 Å². The molecule has 1 fully saturated rings. The first-order valence-corrected chi connectivity index (χ1v) is 7.37. The lowest BCUT2D eigenvalue weighted by molar-refractivity contribution is -0.119. The number of carbonyl (C=O) groups excluding carboxylic acids is 1. The van der Waals surface area contributed by atoms with Crippen LogP contribution in [0.5, 0.6) is 0 Å².